The number of fused-ring (bicyclic) bond motifs is 1. The second-order valence-corrected chi connectivity index (χ2v) is 3.73. The minimum absolute atomic E-state index is 0.112. The van der Waals surface area contributed by atoms with Gasteiger partial charge in [-0.1, -0.05) is 6.92 Å². The van der Waals surface area contributed by atoms with E-state index in [-0.39, 0.29) is 11.6 Å². The first-order chi connectivity index (χ1) is 7.65. The summed E-state index contributed by atoms with van der Waals surface area (Å²) in [6.07, 6.45) is 0.893. The van der Waals surface area contributed by atoms with E-state index in [1.165, 1.54) is 10.6 Å². The first-order valence-electron chi connectivity index (χ1n) is 5.29. The van der Waals surface area contributed by atoms with Gasteiger partial charge in [-0.2, -0.15) is 9.50 Å². The van der Waals surface area contributed by atoms with Gasteiger partial charge < -0.3 is 5.32 Å². The lowest BCUT2D eigenvalue weighted by Gasteiger charge is -2.08. The Kier molecular flexibility index (Phi) is 2.74. The molecule has 0 radical (unpaired) electrons. The normalized spacial score (nSPS) is 13.2. The average molecular weight is 221 g/mol. The molecule has 86 valence electrons. The number of hydrogen-bond donors (Lipinski definition) is 2. The van der Waals surface area contributed by atoms with Gasteiger partial charge in [0.15, 0.2) is 0 Å². The molecule has 2 aromatic heterocycles. The largest absolute Gasteiger partial charge is 0.310 e. The molecule has 2 aromatic rings. The van der Waals surface area contributed by atoms with E-state index in [4.69, 9.17) is 0 Å². The third-order valence-electron chi connectivity index (χ3n) is 2.56. The van der Waals surface area contributed by atoms with Gasteiger partial charge in [-0.15, -0.1) is 0 Å². The van der Waals surface area contributed by atoms with Gasteiger partial charge in [-0.05, 0) is 20.4 Å². The van der Waals surface area contributed by atoms with Crippen LogP contribution in [0.5, 0.6) is 0 Å². The van der Waals surface area contributed by atoms with Gasteiger partial charge in [-0.3, -0.25) is 9.89 Å². The second-order valence-electron chi connectivity index (χ2n) is 3.73. The van der Waals surface area contributed by atoms with Gasteiger partial charge in [0.05, 0.1) is 6.04 Å². The molecule has 0 aliphatic heterocycles. The first-order valence-corrected chi connectivity index (χ1v) is 5.29. The van der Waals surface area contributed by atoms with Crippen LogP contribution in [0.2, 0.25) is 0 Å². The molecular weight excluding hydrogens is 206 g/mol. The van der Waals surface area contributed by atoms with Crippen molar-refractivity contribution in [3.63, 3.8) is 0 Å². The van der Waals surface area contributed by atoms with Crippen LogP contribution in [0.1, 0.15) is 30.9 Å². The molecule has 0 aliphatic carbocycles. The van der Waals surface area contributed by atoms with Gasteiger partial charge in [0.2, 0.25) is 0 Å². The molecule has 0 aliphatic rings. The van der Waals surface area contributed by atoms with Crippen molar-refractivity contribution in [3.05, 3.63) is 27.9 Å². The van der Waals surface area contributed by atoms with Gasteiger partial charge in [0.1, 0.15) is 5.82 Å². The summed E-state index contributed by atoms with van der Waals surface area (Å²) in [6.45, 7) is 3.83. The third-order valence-corrected chi connectivity index (χ3v) is 2.56. The van der Waals surface area contributed by atoms with Crippen molar-refractivity contribution in [3.8, 4) is 0 Å². The predicted octanol–water partition coefficient (Wildman–Crippen LogP) is 0.397. The lowest BCUT2D eigenvalue weighted by Crippen LogP contribution is -2.18. The van der Waals surface area contributed by atoms with E-state index >= 15 is 0 Å². The van der Waals surface area contributed by atoms with Crippen LogP contribution >= 0.6 is 0 Å². The van der Waals surface area contributed by atoms with Crippen LogP contribution in [0.4, 0.5) is 0 Å². The van der Waals surface area contributed by atoms with E-state index in [2.05, 4.69) is 27.3 Å². The fraction of sp³-hybridized carbons (Fsp3) is 0.500. The van der Waals surface area contributed by atoms with E-state index in [9.17, 15) is 4.79 Å². The number of aromatic nitrogens is 4. The Morgan fingerprint density at radius 1 is 1.56 bits per heavy atom. The van der Waals surface area contributed by atoms with Crippen molar-refractivity contribution in [1.29, 1.82) is 0 Å². The van der Waals surface area contributed by atoms with Crippen LogP contribution in [0, 0.1) is 6.92 Å². The maximum Gasteiger partial charge on any atom is 0.274 e. The van der Waals surface area contributed by atoms with Crippen LogP contribution in [0.3, 0.4) is 0 Å². The van der Waals surface area contributed by atoms with Crippen molar-refractivity contribution < 1.29 is 0 Å². The summed E-state index contributed by atoms with van der Waals surface area (Å²) in [5.74, 6) is 1.16. The highest BCUT2D eigenvalue weighted by Crippen LogP contribution is 2.11. The third kappa shape index (κ3) is 1.71. The number of aryl methyl sites for hydroxylation is 1. The zero-order chi connectivity index (χ0) is 11.7. The first kappa shape index (κ1) is 10.8. The van der Waals surface area contributed by atoms with Crippen LogP contribution in [-0.2, 0) is 0 Å². The second kappa shape index (κ2) is 4.05. The van der Waals surface area contributed by atoms with E-state index in [1.807, 2.05) is 7.05 Å². The Morgan fingerprint density at radius 2 is 2.31 bits per heavy atom. The molecular formula is C10H15N5O. The van der Waals surface area contributed by atoms with Crippen molar-refractivity contribution in [2.24, 2.45) is 0 Å². The van der Waals surface area contributed by atoms with Crippen molar-refractivity contribution >= 4 is 5.78 Å². The van der Waals surface area contributed by atoms with Crippen molar-refractivity contribution in [2.75, 3.05) is 7.05 Å². The monoisotopic (exact) mass is 221 g/mol. The fourth-order valence-corrected chi connectivity index (χ4v) is 1.70. The molecule has 6 heteroatoms. The summed E-state index contributed by atoms with van der Waals surface area (Å²) in [6, 6.07) is 1.59. The van der Waals surface area contributed by atoms with Gasteiger partial charge >= 0.3 is 0 Å². The Balaban J connectivity index is 2.59. The van der Waals surface area contributed by atoms with Crippen molar-refractivity contribution in [2.45, 2.75) is 26.3 Å². The van der Waals surface area contributed by atoms with E-state index < -0.39 is 0 Å². The number of nitrogens with zero attached hydrogens (tertiary/aromatic N) is 3. The summed E-state index contributed by atoms with van der Waals surface area (Å²) in [5, 5.41) is 6.09. The molecule has 0 spiro atoms. The zero-order valence-electron chi connectivity index (χ0n) is 9.61. The number of nitrogens with one attached hydrogen (secondary N) is 2. The Morgan fingerprint density at radius 3 is 2.94 bits per heavy atom. The summed E-state index contributed by atoms with van der Waals surface area (Å²) in [7, 11) is 1.86. The zero-order valence-corrected chi connectivity index (χ0v) is 9.61. The molecule has 0 aromatic carbocycles. The molecule has 0 saturated carbocycles. The maximum absolute atomic E-state index is 11.6. The summed E-state index contributed by atoms with van der Waals surface area (Å²) >= 11 is 0. The van der Waals surface area contributed by atoms with Gasteiger partial charge in [0.25, 0.3) is 11.3 Å². The van der Waals surface area contributed by atoms with Crippen LogP contribution in [0.15, 0.2) is 10.9 Å². The van der Waals surface area contributed by atoms with Gasteiger partial charge in [0, 0.05) is 11.8 Å². The van der Waals surface area contributed by atoms with Gasteiger partial charge in [-0.25, -0.2) is 4.98 Å². The van der Waals surface area contributed by atoms with Crippen LogP contribution < -0.4 is 10.9 Å². The highest BCUT2D eigenvalue weighted by atomic mass is 16.1. The Hall–Kier alpha value is -1.69. The fourth-order valence-electron chi connectivity index (χ4n) is 1.70. The molecule has 0 fully saturated rings. The molecule has 2 rings (SSSR count). The maximum atomic E-state index is 11.6. The molecule has 6 nitrogen and oxygen atoms in total. The molecule has 16 heavy (non-hydrogen) atoms. The highest BCUT2D eigenvalue weighted by molar-refractivity contribution is 5.28. The summed E-state index contributed by atoms with van der Waals surface area (Å²) in [4.78, 5) is 20.2. The molecule has 2 heterocycles. The topological polar surface area (TPSA) is 75.1 Å². The minimum Gasteiger partial charge on any atom is -0.310 e. The standard InChI is InChI=1S/C10H15N5O/c1-4-7(11-3)9-13-10-12-6(2)5-8(16)15(10)14-9/h5,7,11H,4H2,1-3H3,(H,12,13,14). The smallest absolute Gasteiger partial charge is 0.274 e. The van der Waals surface area contributed by atoms with E-state index in [0.29, 0.717) is 11.5 Å². The molecule has 2 N–H and O–H groups in total. The SMILES string of the molecule is CCC(NC)c1nc2nc(C)cc(=O)n2[nH]1. The Labute approximate surface area is 92.7 Å². The quantitative estimate of drug-likeness (QED) is 0.786. The van der Waals surface area contributed by atoms with E-state index in [1.54, 1.807) is 6.92 Å². The number of hydrogen-bond acceptors (Lipinski definition) is 4. The van der Waals surface area contributed by atoms with E-state index in [0.717, 1.165) is 12.2 Å². The molecule has 0 amide bonds. The lowest BCUT2D eigenvalue weighted by molar-refractivity contribution is 0.543. The molecule has 1 atom stereocenters. The summed E-state index contributed by atoms with van der Waals surface area (Å²) in [5.41, 5.74) is 0.549. The number of H-pyrrole nitrogens is 1. The minimum atomic E-state index is -0.132. The molecule has 1 unspecified atom stereocenters. The van der Waals surface area contributed by atoms with Crippen LogP contribution in [-0.4, -0.2) is 26.6 Å². The number of rotatable bonds is 3. The van der Waals surface area contributed by atoms with Crippen molar-refractivity contribution in [1.82, 2.24) is 24.9 Å². The highest BCUT2D eigenvalue weighted by Gasteiger charge is 2.13. The average Bonchev–Trinajstić information content (AvgIpc) is 2.63. The number of aromatic amines is 1. The lowest BCUT2D eigenvalue weighted by atomic mass is 10.2. The predicted molar refractivity (Wildman–Crippen MR) is 60.4 cm³/mol. The van der Waals surface area contributed by atoms with Crippen LogP contribution in [0.25, 0.3) is 5.78 Å². The Bertz CT molecular complexity index is 552. The molecule has 0 saturated heterocycles. The molecule has 0 bridgehead atoms. The summed E-state index contributed by atoms with van der Waals surface area (Å²) < 4.78 is 1.36.